The second-order valence-electron chi connectivity index (χ2n) is 5.71. The molecular weight excluding hydrogens is 325 g/mol. The van der Waals surface area contributed by atoms with Crippen LogP contribution in [0.15, 0.2) is 11.1 Å². The number of aliphatic hydroxyl groups is 3. The molecule has 4 atom stereocenters. The maximum Gasteiger partial charge on any atom is 0.280 e. The highest BCUT2D eigenvalue weighted by molar-refractivity contribution is 5.71. The second kappa shape index (κ2) is 5.48. The Labute approximate surface area is 136 Å². The average molecular weight is 345 g/mol. The van der Waals surface area contributed by atoms with E-state index in [0.717, 1.165) is 17.8 Å². The van der Waals surface area contributed by atoms with Crippen LogP contribution in [0.3, 0.4) is 0 Å². The minimum absolute atomic E-state index is 0.0177. The lowest BCUT2D eigenvalue weighted by Gasteiger charge is -2.27. The van der Waals surface area contributed by atoms with E-state index >= 15 is 0 Å². The number of H-pyrrole nitrogens is 1. The molecule has 1 aliphatic rings. The summed E-state index contributed by atoms with van der Waals surface area (Å²) in [5.41, 5.74) is -2.80. The maximum absolute atomic E-state index is 14.5. The van der Waals surface area contributed by atoms with E-state index in [0.29, 0.717) is 0 Å². The van der Waals surface area contributed by atoms with Crippen LogP contribution in [0.4, 0.5) is 10.3 Å². The van der Waals surface area contributed by atoms with Gasteiger partial charge in [-0.2, -0.15) is 4.98 Å². The van der Waals surface area contributed by atoms with E-state index in [1.807, 2.05) is 0 Å². The van der Waals surface area contributed by atoms with Crippen molar-refractivity contribution in [2.45, 2.75) is 37.6 Å². The van der Waals surface area contributed by atoms with Crippen molar-refractivity contribution in [2.24, 2.45) is 0 Å². The van der Waals surface area contributed by atoms with E-state index in [1.54, 1.807) is 0 Å². The number of fused-ring (bicyclic) bond motifs is 1. The Balaban J connectivity index is 2.10. The summed E-state index contributed by atoms with van der Waals surface area (Å²) >= 11 is 0. The lowest BCUT2D eigenvalue weighted by atomic mass is 9.95. The molecule has 2 aromatic heterocycles. The van der Waals surface area contributed by atoms with Crippen LogP contribution < -0.4 is 10.9 Å². The Bertz CT molecular complexity index is 842. The fourth-order valence-corrected chi connectivity index (χ4v) is 2.70. The molecule has 0 amide bonds. The number of nitrogens with zero attached hydrogens (tertiary/aromatic N) is 3. The van der Waals surface area contributed by atoms with Crippen LogP contribution in [0.5, 0.6) is 0 Å². The topological polar surface area (TPSA) is 146 Å². The largest absolute Gasteiger partial charge is 0.390 e. The molecule has 1 saturated heterocycles. The van der Waals surface area contributed by atoms with Gasteiger partial charge in [-0.25, -0.2) is 9.37 Å². The number of rotatable bonds is 4. The van der Waals surface area contributed by atoms with Crippen LogP contribution >= 0.6 is 0 Å². The Morgan fingerprint density at radius 1 is 1.67 bits per heavy atom. The normalized spacial score (nSPS) is 33.8. The fourth-order valence-electron chi connectivity index (χ4n) is 2.70. The molecule has 5 N–H and O–H groups in total. The first-order valence-electron chi connectivity index (χ1n) is 7.83. The monoisotopic (exact) mass is 345 g/mol. The van der Waals surface area contributed by atoms with Gasteiger partial charge in [-0.15, -0.1) is 0 Å². The average Bonchev–Trinajstić information content (AvgIpc) is 3.07. The van der Waals surface area contributed by atoms with Gasteiger partial charge in [0.25, 0.3) is 11.4 Å². The lowest BCUT2D eigenvalue weighted by molar-refractivity contribution is -0.206. The zero-order chi connectivity index (χ0) is 18.4. The molecule has 1 aliphatic heterocycles. The number of halogens is 1. The molecule has 0 bridgehead atoms. The molecule has 0 aliphatic carbocycles. The van der Waals surface area contributed by atoms with E-state index in [4.69, 9.17) is 11.2 Å². The molecule has 1 fully saturated rings. The van der Waals surface area contributed by atoms with Crippen molar-refractivity contribution in [3.63, 3.8) is 0 Å². The number of hydrogen-bond acceptors (Lipinski definition) is 8. The third kappa shape index (κ3) is 2.28. The third-order valence-corrected chi connectivity index (χ3v) is 3.96. The van der Waals surface area contributed by atoms with Gasteiger partial charge in [-0.3, -0.25) is 14.3 Å². The summed E-state index contributed by atoms with van der Waals surface area (Å²) < 4.78 is 27.7. The Morgan fingerprint density at radius 3 is 3.04 bits per heavy atom. The van der Waals surface area contributed by atoms with Crippen molar-refractivity contribution in [1.82, 2.24) is 19.5 Å². The van der Waals surface area contributed by atoms with Gasteiger partial charge in [0.05, 0.1) is 6.33 Å². The van der Waals surface area contributed by atoms with Crippen molar-refractivity contribution in [3.8, 4) is 0 Å². The van der Waals surface area contributed by atoms with Crippen LogP contribution in [0.2, 0.25) is 0 Å². The van der Waals surface area contributed by atoms with Gasteiger partial charge in [0.15, 0.2) is 17.4 Å². The molecule has 0 saturated carbocycles. The molecular formula is C13H18FN5O5. The zero-order valence-corrected chi connectivity index (χ0v) is 12.7. The Kier molecular flexibility index (Phi) is 3.53. The van der Waals surface area contributed by atoms with Gasteiger partial charge in [-0.1, -0.05) is 0 Å². The number of nitrogens with one attached hydrogen (secondary N) is 2. The van der Waals surface area contributed by atoms with Crippen LogP contribution in [-0.2, 0) is 4.74 Å². The van der Waals surface area contributed by atoms with Gasteiger partial charge in [0.1, 0.15) is 18.3 Å². The molecule has 3 heterocycles. The maximum atomic E-state index is 14.5. The fraction of sp³-hybridized carbons (Fsp3) is 0.615. The van der Waals surface area contributed by atoms with Gasteiger partial charge < -0.3 is 25.4 Å². The molecule has 0 radical (unpaired) electrons. The SMILES string of the molecule is [3H]CCNc1nc2c(ncn2C2O[C@](F)(CO)[C@@H](O)[C@@]2(C)O)c(=O)[nH]1. The molecule has 24 heavy (non-hydrogen) atoms. The number of anilines is 1. The van der Waals surface area contributed by atoms with E-state index < -0.39 is 36.0 Å². The van der Waals surface area contributed by atoms with E-state index in [9.17, 15) is 19.4 Å². The van der Waals surface area contributed by atoms with Crippen molar-refractivity contribution < 1.29 is 25.8 Å². The number of imidazole rings is 1. The summed E-state index contributed by atoms with van der Waals surface area (Å²) in [4.78, 5) is 22.5. The lowest BCUT2D eigenvalue weighted by Crippen LogP contribution is -2.48. The van der Waals surface area contributed by atoms with Crippen molar-refractivity contribution >= 4 is 17.1 Å². The molecule has 0 spiro atoms. The van der Waals surface area contributed by atoms with E-state index in [-0.39, 0.29) is 30.6 Å². The molecule has 11 heteroatoms. The van der Waals surface area contributed by atoms with Crippen LogP contribution in [0.25, 0.3) is 11.2 Å². The van der Waals surface area contributed by atoms with Gasteiger partial charge in [-0.05, 0) is 13.8 Å². The van der Waals surface area contributed by atoms with Crippen LogP contribution in [0, 0.1) is 0 Å². The molecule has 132 valence electrons. The third-order valence-electron chi connectivity index (χ3n) is 3.96. The minimum Gasteiger partial charge on any atom is -0.390 e. The number of aliphatic hydroxyl groups excluding tert-OH is 2. The first-order valence-corrected chi connectivity index (χ1v) is 7.12. The van der Waals surface area contributed by atoms with Crippen molar-refractivity contribution in [3.05, 3.63) is 16.7 Å². The number of ether oxygens (including phenoxy) is 1. The molecule has 1 unspecified atom stereocenters. The van der Waals surface area contributed by atoms with Crippen LogP contribution in [-0.4, -0.2) is 65.6 Å². The highest BCUT2D eigenvalue weighted by atomic mass is 19.2. The standard InChI is InChI=1S/C13H18FN5O5/c1-3-15-11-17-7-6(8(21)18-11)16-5-19(7)10-12(2,23)9(22)13(14,4-20)24-10/h5,9-10,20,22-23H,3-4H2,1-2H3,(H2,15,17,18,21)/t9-,10?,12+,13+/m0/s1/i1T. The number of alkyl halides is 1. The highest BCUT2D eigenvalue weighted by Gasteiger charge is 2.62. The number of aromatic amines is 1. The van der Waals surface area contributed by atoms with Gasteiger partial charge in [0, 0.05) is 7.92 Å². The summed E-state index contributed by atoms with van der Waals surface area (Å²) in [6, 6.07) is 0. The van der Waals surface area contributed by atoms with Crippen molar-refractivity contribution in [1.29, 1.82) is 0 Å². The van der Waals surface area contributed by atoms with E-state index in [2.05, 4.69) is 20.3 Å². The van der Waals surface area contributed by atoms with Crippen LogP contribution in [0.1, 0.15) is 21.4 Å². The predicted octanol–water partition coefficient (Wildman–Crippen LogP) is -1.15. The van der Waals surface area contributed by atoms with Gasteiger partial charge >= 0.3 is 0 Å². The predicted molar refractivity (Wildman–Crippen MR) is 80.0 cm³/mol. The first kappa shape index (κ1) is 15.4. The number of aromatic nitrogens is 4. The molecule has 2 aromatic rings. The molecule has 10 nitrogen and oxygen atoms in total. The summed E-state index contributed by atoms with van der Waals surface area (Å²) in [6.07, 6.45) is -2.39. The molecule has 3 rings (SSSR count). The zero-order valence-electron chi connectivity index (χ0n) is 13.7. The number of hydrogen-bond donors (Lipinski definition) is 5. The summed E-state index contributed by atoms with van der Waals surface area (Å²) in [6.45, 7) is 0.251. The smallest absolute Gasteiger partial charge is 0.280 e. The Hall–Kier alpha value is -2.08. The summed E-state index contributed by atoms with van der Waals surface area (Å²) in [5.74, 6) is -2.81. The summed E-state index contributed by atoms with van der Waals surface area (Å²) in [5, 5.41) is 32.3. The highest BCUT2D eigenvalue weighted by Crippen LogP contribution is 2.45. The van der Waals surface area contributed by atoms with Crippen molar-refractivity contribution in [2.75, 3.05) is 18.5 Å². The Morgan fingerprint density at radius 2 is 2.42 bits per heavy atom. The molecule has 0 aromatic carbocycles. The quantitative estimate of drug-likeness (QED) is 0.467. The first-order chi connectivity index (χ1) is 11.7. The van der Waals surface area contributed by atoms with Gasteiger partial charge in [0.2, 0.25) is 5.95 Å². The summed E-state index contributed by atoms with van der Waals surface area (Å²) in [7, 11) is 0. The second-order valence-corrected chi connectivity index (χ2v) is 5.71. The minimum atomic E-state index is -2.88. The van der Waals surface area contributed by atoms with E-state index in [1.165, 1.54) is 0 Å².